The topological polar surface area (TPSA) is 57.9 Å². The van der Waals surface area contributed by atoms with Gasteiger partial charge >= 0.3 is 0 Å². The first-order valence-electron chi connectivity index (χ1n) is 5.99. The van der Waals surface area contributed by atoms with Gasteiger partial charge in [0.25, 0.3) is 0 Å². The molecule has 1 aromatic heterocycles. The Balaban J connectivity index is 2.03. The van der Waals surface area contributed by atoms with Crippen LogP contribution in [0.1, 0.15) is 16.7 Å². The Kier molecular flexibility index (Phi) is 4.49. The average Bonchev–Trinajstić information content (AvgIpc) is 2.47. The van der Waals surface area contributed by atoms with Crippen LogP contribution in [0.3, 0.4) is 0 Å². The molecule has 0 saturated heterocycles. The molecule has 19 heavy (non-hydrogen) atoms. The molecule has 4 heteroatoms. The number of hydrogen-bond donors (Lipinski definition) is 1. The van der Waals surface area contributed by atoms with E-state index in [0.29, 0.717) is 18.7 Å². The van der Waals surface area contributed by atoms with Crippen molar-refractivity contribution in [2.75, 3.05) is 12.4 Å². The van der Waals surface area contributed by atoms with Crippen molar-refractivity contribution in [3.05, 3.63) is 59.3 Å². The van der Waals surface area contributed by atoms with Gasteiger partial charge in [0.15, 0.2) is 0 Å². The predicted octanol–water partition coefficient (Wildman–Crippen LogP) is 2.71. The van der Waals surface area contributed by atoms with Crippen LogP contribution in [-0.2, 0) is 17.9 Å². The van der Waals surface area contributed by atoms with E-state index in [0.717, 1.165) is 11.4 Å². The summed E-state index contributed by atoms with van der Waals surface area (Å²) in [5.41, 5.74) is 2.90. The van der Waals surface area contributed by atoms with Crippen molar-refractivity contribution in [3.63, 3.8) is 0 Å². The summed E-state index contributed by atoms with van der Waals surface area (Å²) < 4.78 is 5.17. The molecule has 1 N–H and O–H groups in total. The molecule has 4 nitrogen and oxygen atoms in total. The summed E-state index contributed by atoms with van der Waals surface area (Å²) in [5, 5.41) is 11.9. The van der Waals surface area contributed by atoms with E-state index in [1.807, 2.05) is 24.3 Å². The zero-order valence-corrected chi connectivity index (χ0v) is 10.8. The van der Waals surface area contributed by atoms with Crippen LogP contribution in [0.15, 0.2) is 42.6 Å². The Hall–Kier alpha value is -2.38. The summed E-state index contributed by atoms with van der Waals surface area (Å²) in [7, 11) is 1.69. The maximum Gasteiger partial charge on any atom is 0.126 e. The van der Waals surface area contributed by atoms with Gasteiger partial charge in [-0.15, -0.1) is 0 Å². The Bertz CT molecular complexity index is 573. The lowest BCUT2D eigenvalue weighted by Gasteiger charge is -2.10. The van der Waals surface area contributed by atoms with Crippen molar-refractivity contribution in [2.45, 2.75) is 13.2 Å². The molecular weight excluding hydrogens is 238 g/mol. The smallest absolute Gasteiger partial charge is 0.126 e. The van der Waals surface area contributed by atoms with Crippen LogP contribution in [0.2, 0.25) is 0 Å². The summed E-state index contributed by atoms with van der Waals surface area (Å²) in [4.78, 5) is 4.18. The van der Waals surface area contributed by atoms with Crippen LogP contribution >= 0.6 is 0 Å². The van der Waals surface area contributed by atoms with Gasteiger partial charge in [-0.25, -0.2) is 4.98 Å². The predicted molar refractivity (Wildman–Crippen MR) is 73.4 cm³/mol. The highest BCUT2D eigenvalue weighted by Crippen LogP contribution is 2.12. The third kappa shape index (κ3) is 3.54. The first kappa shape index (κ1) is 13.1. The van der Waals surface area contributed by atoms with Gasteiger partial charge in [-0.05, 0) is 23.3 Å². The van der Waals surface area contributed by atoms with Gasteiger partial charge in [0, 0.05) is 19.9 Å². The SMILES string of the molecule is COCc1ccccc1CNc1ccc(C#N)cn1. The summed E-state index contributed by atoms with van der Waals surface area (Å²) in [6, 6.07) is 13.7. The maximum absolute atomic E-state index is 8.71. The molecule has 96 valence electrons. The standard InChI is InChI=1S/C15H15N3O/c1-19-11-14-5-3-2-4-13(14)10-18-15-7-6-12(8-16)9-17-15/h2-7,9H,10-11H2,1H3,(H,17,18). The first-order valence-corrected chi connectivity index (χ1v) is 5.99. The van der Waals surface area contributed by atoms with Gasteiger partial charge in [0.2, 0.25) is 0 Å². The second-order valence-corrected chi connectivity index (χ2v) is 4.10. The number of nitrogens with zero attached hydrogens (tertiary/aromatic N) is 2. The number of aromatic nitrogens is 1. The van der Waals surface area contributed by atoms with Crippen molar-refractivity contribution in [1.29, 1.82) is 5.26 Å². The van der Waals surface area contributed by atoms with Crippen LogP contribution in [0.4, 0.5) is 5.82 Å². The zero-order chi connectivity index (χ0) is 13.5. The molecule has 0 aliphatic heterocycles. The van der Waals surface area contributed by atoms with Gasteiger partial charge in [0.05, 0.1) is 12.2 Å². The zero-order valence-electron chi connectivity index (χ0n) is 10.8. The fourth-order valence-electron chi connectivity index (χ4n) is 1.78. The van der Waals surface area contributed by atoms with Gasteiger partial charge in [-0.2, -0.15) is 5.26 Å². The summed E-state index contributed by atoms with van der Waals surface area (Å²) in [5.74, 6) is 0.756. The second-order valence-electron chi connectivity index (χ2n) is 4.10. The number of hydrogen-bond acceptors (Lipinski definition) is 4. The number of nitriles is 1. The Morgan fingerprint density at radius 3 is 2.63 bits per heavy atom. The normalized spacial score (nSPS) is 9.89. The molecule has 1 aromatic carbocycles. The average molecular weight is 253 g/mol. The summed E-state index contributed by atoms with van der Waals surface area (Å²) in [6.45, 7) is 1.27. The molecule has 0 bridgehead atoms. The molecule has 0 atom stereocenters. The first-order chi connectivity index (χ1) is 9.33. The van der Waals surface area contributed by atoms with E-state index in [1.165, 1.54) is 5.56 Å². The summed E-state index contributed by atoms with van der Waals surface area (Å²) >= 11 is 0. The number of rotatable bonds is 5. The van der Waals surface area contributed by atoms with Crippen LogP contribution in [0.25, 0.3) is 0 Å². The van der Waals surface area contributed by atoms with Crippen LogP contribution in [0.5, 0.6) is 0 Å². The molecule has 0 fully saturated rings. The monoisotopic (exact) mass is 253 g/mol. The van der Waals surface area contributed by atoms with Gasteiger partial charge in [-0.3, -0.25) is 0 Å². The van der Waals surface area contributed by atoms with Crippen LogP contribution in [-0.4, -0.2) is 12.1 Å². The molecule has 0 aliphatic carbocycles. The maximum atomic E-state index is 8.71. The number of nitrogens with one attached hydrogen (secondary N) is 1. The van der Waals surface area contributed by atoms with Crippen molar-refractivity contribution in [2.24, 2.45) is 0 Å². The van der Waals surface area contributed by atoms with E-state index in [-0.39, 0.29) is 0 Å². The minimum absolute atomic E-state index is 0.560. The van der Waals surface area contributed by atoms with E-state index >= 15 is 0 Å². The highest BCUT2D eigenvalue weighted by molar-refractivity contribution is 5.40. The van der Waals surface area contributed by atoms with E-state index in [9.17, 15) is 0 Å². The van der Waals surface area contributed by atoms with Crippen molar-refractivity contribution in [1.82, 2.24) is 4.98 Å². The molecule has 0 radical (unpaired) electrons. The van der Waals surface area contributed by atoms with E-state index in [2.05, 4.69) is 16.4 Å². The quantitative estimate of drug-likeness (QED) is 0.890. The van der Waals surface area contributed by atoms with Crippen molar-refractivity contribution >= 4 is 5.82 Å². The minimum Gasteiger partial charge on any atom is -0.380 e. The van der Waals surface area contributed by atoms with E-state index < -0.39 is 0 Å². The fraction of sp³-hybridized carbons (Fsp3) is 0.200. The lowest BCUT2D eigenvalue weighted by Crippen LogP contribution is -2.04. The number of anilines is 1. The molecule has 0 unspecified atom stereocenters. The lowest BCUT2D eigenvalue weighted by atomic mass is 10.1. The molecule has 2 aromatic rings. The largest absolute Gasteiger partial charge is 0.380 e. The Morgan fingerprint density at radius 1 is 1.21 bits per heavy atom. The van der Waals surface area contributed by atoms with Crippen molar-refractivity contribution < 1.29 is 4.74 Å². The van der Waals surface area contributed by atoms with Gasteiger partial charge < -0.3 is 10.1 Å². The molecule has 0 spiro atoms. The third-order valence-electron chi connectivity index (χ3n) is 2.77. The van der Waals surface area contributed by atoms with Gasteiger partial charge in [-0.1, -0.05) is 24.3 Å². The highest BCUT2D eigenvalue weighted by Gasteiger charge is 2.01. The number of ether oxygens (including phenoxy) is 1. The van der Waals surface area contributed by atoms with Crippen LogP contribution in [0, 0.1) is 11.3 Å². The number of pyridine rings is 1. The Labute approximate surface area is 112 Å². The molecule has 0 amide bonds. The molecule has 0 aliphatic rings. The summed E-state index contributed by atoms with van der Waals surface area (Å²) in [6.07, 6.45) is 1.56. The highest BCUT2D eigenvalue weighted by atomic mass is 16.5. The lowest BCUT2D eigenvalue weighted by molar-refractivity contribution is 0.184. The molecule has 1 heterocycles. The minimum atomic E-state index is 0.560. The number of methoxy groups -OCH3 is 1. The van der Waals surface area contributed by atoms with Gasteiger partial charge in [0.1, 0.15) is 11.9 Å². The van der Waals surface area contributed by atoms with Crippen LogP contribution < -0.4 is 5.32 Å². The van der Waals surface area contributed by atoms with Crippen molar-refractivity contribution in [3.8, 4) is 6.07 Å². The molecule has 0 saturated carbocycles. The van der Waals surface area contributed by atoms with E-state index in [1.54, 1.807) is 25.4 Å². The third-order valence-corrected chi connectivity index (χ3v) is 2.77. The fourth-order valence-corrected chi connectivity index (χ4v) is 1.78. The molecule has 2 rings (SSSR count). The number of benzene rings is 1. The Morgan fingerprint density at radius 2 is 2.00 bits per heavy atom. The van der Waals surface area contributed by atoms with E-state index in [4.69, 9.17) is 10.00 Å². The molecular formula is C15H15N3O. The second kappa shape index (κ2) is 6.53.